The minimum atomic E-state index is -0.141. The highest BCUT2D eigenvalue weighted by Gasteiger charge is 2.25. The second-order valence-corrected chi connectivity index (χ2v) is 4.98. The van der Waals surface area contributed by atoms with Gasteiger partial charge in [0.1, 0.15) is 7.85 Å². The van der Waals surface area contributed by atoms with Crippen molar-refractivity contribution in [2.45, 2.75) is 37.7 Å². The van der Waals surface area contributed by atoms with Gasteiger partial charge in [-0.2, -0.15) is 0 Å². The van der Waals surface area contributed by atoms with Gasteiger partial charge in [0.15, 0.2) is 7.98 Å². The van der Waals surface area contributed by atoms with Gasteiger partial charge in [0.25, 0.3) is 5.24 Å². The summed E-state index contributed by atoms with van der Waals surface area (Å²) in [7, 11) is 6.08. The van der Waals surface area contributed by atoms with Crippen molar-refractivity contribution >= 4 is 33.7 Å². The first-order valence-electron chi connectivity index (χ1n) is 5.68. The van der Waals surface area contributed by atoms with Crippen molar-refractivity contribution in [2.75, 3.05) is 13.6 Å². The molecule has 0 spiro atoms. The quantitative estimate of drug-likeness (QED) is 0.497. The van der Waals surface area contributed by atoms with E-state index >= 15 is 0 Å². The molecule has 0 radical (unpaired) electrons. The van der Waals surface area contributed by atoms with Gasteiger partial charge in [-0.3, -0.25) is 4.79 Å². The molecule has 0 aliphatic heterocycles. The lowest BCUT2D eigenvalue weighted by Gasteiger charge is -2.24. The van der Waals surface area contributed by atoms with Gasteiger partial charge in [0.2, 0.25) is 0 Å². The van der Waals surface area contributed by atoms with E-state index in [0.717, 1.165) is 25.4 Å². The van der Waals surface area contributed by atoms with Crippen LogP contribution in [0.4, 0.5) is 4.79 Å². The van der Waals surface area contributed by atoms with Crippen molar-refractivity contribution in [3.8, 4) is 0 Å². The average molecular weight is 226 g/mol. The molecule has 1 aliphatic rings. The Kier molecular flexibility index (Phi) is 5.06. The maximum Gasteiger partial charge on any atom is 0.277 e. The molecule has 0 aromatic carbocycles. The third-order valence-corrected chi connectivity index (χ3v) is 3.58. The number of carbonyl (C=O) groups is 1. The predicted molar refractivity (Wildman–Crippen MR) is 72.0 cm³/mol. The molecule has 84 valence electrons. The van der Waals surface area contributed by atoms with Gasteiger partial charge in [0.05, 0.1) is 0 Å². The lowest BCUT2D eigenvalue weighted by Crippen LogP contribution is -2.35. The molecule has 1 aliphatic carbocycles. The fourth-order valence-corrected chi connectivity index (χ4v) is 1.91. The smallest absolute Gasteiger partial charge is 0.277 e. The molecule has 0 heterocycles. The summed E-state index contributed by atoms with van der Waals surface area (Å²) < 4.78 is 0. The molecule has 1 saturated carbocycles. The minimum Gasteiger partial charge on any atom is -0.346 e. The van der Waals surface area contributed by atoms with Gasteiger partial charge in [-0.1, -0.05) is 12.6 Å². The van der Waals surface area contributed by atoms with E-state index in [1.165, 1.54) is 12.8 Å². The maximum absolute atomic E-state index is 11.0. The molecule has 0 aromatic heterocycles. The average Bonchev–Trinajstić information content (AvgIpc) is 2.99. The molecule has 0 N–H and O–H groups in total. The topological polar surface area (TPSA) is 23.6 Å². The highest BCUT2D eigenvalue weighted by atomic mass is 32.1. The summed E-state index contributed by atoms with van der Waals surface area (Å²) in [4.78, 5) is 15.1. The fourth-order valence-electron chi connectivity index (χ4n) is 1.72. The summed E-state index contributed by atoms with van der Waals surface area (Å²) in [5.41, 5.74) is 0. The second-order valence-electron chi connectivity index (χ2n) is 4.60. The van der Waals surface area contributed by atoms with Crippen LogP contribution < -0.4 is 0 Å². The Labute approximate surface area is 99.8 Å². The van der Waals surface area contributed by atoms with Gasteiger partial charge in [-0.25, -0.2) is 0 Å². The molecular formula is C9H20B2N2OS. The van der Waals surface area contributed by atoms with E-state index in [0.29, 0.717) is 5.94 Å². The van der Waals surface area contributed by atoms with Crippen LogP contribution in [0.25, 0.3) is 0 Å². The van der Waals surface area contributed by atoms with E-state index < -0.39 is 0 Å². The van der Waals surface area contributed by atoms with Crippen LogP contribution in [0.15, 0.2) is 0 Å². The van der Waals surface area contributed by atoms with E-state index in [4.69, 9.17) is 0 Å². The van der Waals surface area contributed by atoms with Crippen LogP contribution in [0, 0.1) is 0 Å². The summed E-state index contributed by atoms with van der Waals surface area (Å²) in [6.45, 7) is 1.14. The van der Waals surface area contributed by atoms with E-state index in [-0.39, 0.29) is 5.24 Å². The van der Waals surface area contributed by atoms with Crippen LogP contribution in [-0.2, 0) is 0 Å². The maximum atomic E-state index is 11.0. The van der Waals surface area contributed by atoms with E-state index in [1.807, 2.05) is 7.05 Å². The van der Waals surface area contributed by atoms with Crippen LogP contribution in [0.5, 0.6) is 0 Å². The molecule has 1 atom stereocenters. The molecule has 1 fully saturated rings. The van der Waals surface area contributed by atoms with Gasteiger partial charge >= 0.3 is 0 Å². The molecule has 0 saturated heterocycles. The van der Waals surface area contributed by atoms with Crippen molar-refractivity contribution in [1.29, 1.82) is 0 Å². The van der Waals surface area contributed by atoms with Gasteiger partial charge in [-0.05, 0) is 38.3 Å². The lowest BCUT2D eigenvalue weighted by molar-refractivity contribution is 0.226. The van der Waals surface area contributed by atoms with Crippen molar-refractivity contribution < 1.29 is 4.79 Å². The highest BCUT2D eigenvalue weighted by molar-refractivity contribution is 7.96. The van der Waals surface area contributed by atoms with Crippen LogP contribution >= 0.6 is 12.6 Å². The van der Waals surface area contributed by atoms with Crippen molar-refractivity contribution in [2.24, 2.45) is 0 Å². The number of hydrogen-bond donors (Lipinski definition) is 1. The summed E-state index contributed by atoms with van der Waals surface area (Å²) in [5.74, 6) is 0.294. The normalized spacial score (nSPS) is 17.8. The Bertz CT molecular complexity index is 226. The Morgan fingerprint density at radius 1 is 1.60 bits per heavy atom. The molecule has 0 aromatic rings. The molecule has 1 amide bonds. The number of amides is 1. The van der Waals surface area contributed by atoms with Crippen molar-refractivity contribution in [3.05, 3.63) is 0 Å². The van der Waals surface area contributed by atoms with Crippen LogP contribution in [0.1, 0.15) is 25.7 Å². The van der Waals surface area contributed by atoms with E-state index in [1.54, 1.807) is 4.90 Å². The third kappa shape index (κ3) is 4.51. The second kappa shape index (κ2) is 5.85. The zero-order chi connectivity index (χ0) is 11.4. The molecule has 15 heavy (non-hydrogen) atoms. The van der Waals surface area contributed by atoms with E-state index in [2.05, 4.69) is 33.3 Å². The molecule has 1 rings (SSSR count). The van der Waals surface area contributed by atoms with Crippen LogP contribution in [-0.4, -0.2) is 56.4 Å². The zero-order valence-corrected chi connectivity index (χ0v) is 10.8. The zero-order valence-electron chi connectivity index (χ0n) is 9.94. The molecular weight excluding hydrogens is 206 g/mol. The Morgan fingerprint density at radius 2 is 2.20 bits per heavy atom. The minimum absolute atomic E-state index is 0.141. The monoisotopic (exact) mass is 226 g/mol. The number of rotatable bonds is 6. The first-order valence-corrected chi connectivity index (χ1v) is 6.13. The Morgan fingerprint density at radius 3 is 2.67 bits per heavy atom. The van der Waals surface area contributed by atoms with E-state index in [9.17, 15) is 4.79 Å². The summed E-state index contributed by atoms with van der Waals surface area (Å²) in [5, 5.41) is -0.141. The third-order valence-electron chi connectivity index (χ3n) is 3.27. The van der Waals surface area contributed by atoms with Crippen molar-refractivity contribution in [3.63, 3.8) is 0 Å². The molecule has 1 unspecified atom stereocenters. The number of carbonyl (C=O) groups excluding carboxylic acids is 1. The summed E-state index contributed by atoms with van der Waals surface area (Å²) >= 11 is 3.81. The number of hydrogen-bond acceptors (Lipinski definition) is 2. The van der Waals surface area contributed by atoms with Crippen molar-refractivity contribution in [1.82, 2.24) is 9.71 Å². The first-order chi connectivity index (χ1) is 7.02. The Balaban J connectivity index is 2.10. The largest absolute Gasteiger partial charge is 0.346 e. The molecule has 0 bridgehead atoms. The predicted octanol–water partition coefficient (Wildman–Crippen LogP) is -0.280. The summed E-state index contributed by atoms with van der Waals surface area (Å²) in [6.07, 6.45) is 4.93. The lowest BCUT2D eigenvalue weighted by atomic mass is 9.90. The number of nitrogens with zero attached hydrogens (tertiary/aromatic N) is 2. The fraction of sp³-hybridized carbons (Fsp3) is 0.889. The van der Waals surface area contributed by atoms with Gasteiger partial charge < -0.3 is 9.71 Å². The van der Waals surface area contributed by atoms with Gasteiger partial charge in [0, 0.05) is 13.0 Å². The first kappa shape index (κ1) is 13.0. The van der Waals surface area contributed by atoms with Crippen LogP contribution in [0.3, 0.4) is 0 Å². The Hall–Kier alpha value is -0.0901. The summed E-state index contributed by atoms with van der Waals surface area (Å²) in [6, 6.07) is 0.838. The standard InChI is InChI=1S/C9H20B2N2OS/c1-12(9(14)15)8(10)3-2-6-13(11)7-4-5-7/h7-8H,2-6,10-11H2,1H3,(H,14,15). The highest BCUT2D eigenvalue weighted by Crippen LogP contribution is 2.25. The SMILES string of the molecule is BC(CCCN(B)C1CC1)N(C)C(=O)S. The molecule has 6 heteroatoms. The van der Waals surface area contributed by atoms with Gasteiger partial charge in [-0.15, -0.1) is 0 Å². The molecule has 3 nitrogen and oxygen atoms in total. The van der Waals surface area contributed by atoms with Crippen LogP contribution in [0.2, 0.25) is 0 Å². The number of thiol groups is 1.